The fourth-order valence-corrected chi connectivity index (χ4v) is 2.91. The van der Waals surface area contributed by atoms with Crippen molar-refractivity contribution in [2.45, 2.75) is 19.4 Å². The van der Waals surface area contributed by atoms with Crippen molar-refractivity contribution in [3.63, 3.8) is 0 Å². The third-order valence-electron chi connectivity index (χ3n) is 3.76. The fraction of sp³-hybridized carbons (Fsp3) is 0.278. The van der Waals surface area contributed by atoms with Crippen LogP contribution >= 0.6 is 11.6 Å². The molecule has 22 heavy (non-hydrogen) atoms. The van der Waals surface area contributed by atoms with Gasteiger partial charge in [-0.1, -0.05) is 53.6 Å². The summed E-state index contributed by atoms with van der Waals surface area (Å²) in [6.45, 7) is 3.85. The minimum Gasteiger partial charge on any atom is -0.355 e. The van der Waals surface area contributed by atoms with Crippen LogP contribution < -0.4 is 10.6 Å². The number of benzene rings is 2. The average Bonchev–Trinajstić information content (AvgIpc) is 3.00. The molecular weight excluding hydrogens is 294 g/mol. The molecule has 1 unspecified atom stereocenters. The molecule has 3 nitrogen and oxygen atoms in total. The summed E-state index contributed by atoms with van der Waals surface area (Å²) < 4.78 is 0. The molecule has 0 bridgehead atoms. The molecule has 0 aromatic heterocycles. The van der Waals surface area contributed by atoms with E-state index in [1.165, 1.54) is 16.7 Å². The van der Waals surface area contributed by atoms with Gasteiger partial charge in [-0.3, -0.25) is 4.99 Å². The number of aryl methyl sites for hydroxylation is 1. The van der Waals surface area contributed by atoms with Crippen LogP contribution in [0.4, 0.5) is 0 Å². The van der Waals surface area contributed by atoms with E-state index in [0.29, 0.717) is 0 Å². The molecule has 2 N–H and O–H groups in total. The monoisotopic (exact) mass is 313 g/mol. The van der Waals surface area contributed by atoms with Gasteiger partial charge in [0.05, 0.1) is 12.6 Å². The molecule has 4 heteroatoms. The quantitative estimate of drug-likeness (QED) is 0.906. The molecule has 0 radical (unpaired) electrons. The van der Waals surface area contributed by atoms with E-state index in [4.69, 9.17) is 11.6 Å². The van der Waals surface area contributed by atoms with Gasteiger partial charge in [-0.05, 0) is 36.6 Å². The molecule has 0 aliphatic carbocycles. The van der Waals surface area contributed by atoms with Gasteiger partial charge in [-0.2, -0.15) is 0 Å². The van der Waals surface area contributed by atoms with E-state index in [0.717, 1.165) is 30.5 Å². The molecule has 1 heterocycles. The van der Waals surface area contributed by atoms with Crippen molar-refractivity contribution in [3.05, 3.63) is 70.2 Å². The van der Waals surface area contributed by atoms with Crippen molar-refractivity contribution in [2.75, 3.05) is 13.1 Å². The predicted octanol–water partition coefficient (Wildman–Crippen LogP) is 3.48. The zero-order chi connectivity index (χ0) is 15.4. The third kappa shape index (κ3) is 3.80. The van der Waals surface area contributed by atoms with Gasteiger partial charge in [-0.25, -0.2) is 0 Å². The number of nitrogens with one attached hydrogen (secondary N) is 2. The van der Waals surface area contributed by atoms with Crippen molar-refractivity contribution in [1.82, 2.24) is 10.6 Å². The SMILES string of the molecule is Cc1cccc(CC(NC2=NCCN2)c2cccc(Cl)c2)c1. The van der Waals surface area contributed by atoms with Crippen molar-refractivity contribution < 1.29 is 0 Å². The number of rotatable bonds is 4. The summed E-state index contributed by atoms with van der Waals surface area (Å²) in [5.74, 6) is 0.873. The Kier molecular flexibility index (Phi) is 4.64. The smallest absolute Gasteiger partial charge is 0.191 e. The van der Waals surface area contributed by atoms with Crippen molar-refractivity contribution in [1.29, 1.82) is 0 Å². The normalized spacial score (nSPS) is 15.1. The molecule has 2 aromatic carbocycles. The maximum atomic E-state index is 6.16. The second-order valence-electron chi connectivity index (χ2n) is 5.60. The molecule has 1 aliphatic heterocycles. The van der Waals surface area contributed by atoms with Crippen LogP contribution in [0.3, 0.4) is 0 Å². The number of halogens is 1. The summed E-state index contributed by atoms with van der Waals surface area (Å²) in [5.41, 5.74) is 3.75. The molecule has 0 spiro atoms. The molecule has 2 aromatic rings. The van der Waals surface area contributed by atoms with Gasteiger partial charge in [0, 0.05) is 11.6 Å². The molecule has 1 aliphatic rings. The van der Waals surface area contributed by atoms with Gasteiger partial charge in [-0.15, -0.1) is 0 Å². The van der Waals surface area contributed by atoms with Crippen LogP contribution in [-0.2, 0) is 6.42 Å². The van der Waals surface area contributed by atoms with Crippen LogP contribution in [-0.4, -0.2) is 19.0 Å². The minimum absolute atomic E-state index is 0.143. The summed E-state index contributed by atoms with van der Waals surface area (Å²) in [5, 5.41) is 7.54. The van der Waals surface area contributed by atoms with E-state index < -0.39 is 0 Å². The molecule has 0 fully saturated rings. The summed E-state index contributed by atoms with van der Waals surface area (Å²) in [7, 11) is 0. The predicted molar refractivity (Wildman–Crippen MR) is 92.5 cm³/mol. The van der Waals surface area contributed by atoms with Crippen LogP contribution in [0.15, 0.2) is 53.5 Å². The van der Waals surface area contributed by atoms with Gasteiger partial charge >= 0.3 is 0 Å². The van der Waals surface area contributed by atoms with E-state index in [9.17, 15) is 0 Å². The first kappa shape index (κ1) is 14.9. The van der Waals surface area contributed by atoms with E-state index in [2.05, 4.69) is 52.9 Å². The number of hydrogen-bond donors (Lipinski definition) is 2. The maximum absolute atomic E-state index is 6.16. The van der Waals surface area contributed by atoms with Gasteiger partial charge in [0.1, 0.15) is 0 Å². The van der Waals surface area contributed by atoms with Gasteiger partial charge in [0.25, 0.3) is 0 Å². The van der Waals surface area contributed by atoms with Crippen LogP contribution in [0.25, 0.3) is 0 Å². The average molecular weight is 314 g/mol. The molecule has 0 saturated heterocycles. The van der Waals surface area contributed by atoms with Crippen molar-refractivity contribution in [3.8, 4) is 0 Å². The van der Waals surface area contributed by atoms with Crippen molar-refractivity contribution in [2.24, 2.45) is 4.99 Å². The highest BCUT2D eigenvalue weighted by Gasteiger charge is 2.16. The largest absolute Gasteiger partial charge is 0.355 e. The van der Waals surface area contributed by atoms with E-state index in [-0.39, 0.29) is 6.04 Å². The first-order valence-electron chi connectivity index (χ1n) is 7.56. The summed E-state index contributed by atoms with van der Waals surface area (Å²) in [6, 6.07) is 16.8. The minimum atomic E-state index is 0.143. The number of hydrogen-bond acceptors (Lipinski definition) is 3. The molecule has 114 valence electrons. The van der Waals surface area contributed by atoms with Crippen LogP contribution in [0.5, 0.6) is 0 Å². The highest BCUT2D eigenvalue weighted by Crippen LogP contribution is 2.22. The lowest BCUT2D eigenvalue weighted by Crippen LogP contribution is -2.37. The van der Waals surface area contributed by atoms with Gasteiger partial charge in [0.15, 0.2) is 5.96 Å². The third-order valence-corrected chi connectivity index (χ3v) is 3.99. The lowest BCUT2D eigenvalue weighted by molar-refractivity contribution is 0.634. The Morgan fingerprint density at radius 3 is 2.82 bits per heavy atom. The zero-order valence-corrected chi connectivity index (χ0v) is 13.4. The maximum Gasteiger partial charge on any atom is 0.191 e. The summed E-state index contributed by atoms with van der Waals surface area (Å²) in [4.78, 5) is 4.44. The Hall–Kier alpha value is -2.00. The number of aliphatic imine (C=N–C) groups is 1. The number of guanidine groups is 1. The molecule has 1 atom stereocenters. The second-order valence-corrected chi connectivity index (χ2v) is 6.04. The van der Waals surface area contributed by atoms with Gasteiger partial charge < -0.3 is 10.6 Å². The molecule has 0 saturated carbocycles. The Balaban J connectivity index is 1.85. The summed E-state index contributed by atoms with van der Waals surface area (Å²) >= 11 is 6.16. The molecule has 3 rings (SSSR count). The standard InChI is InChI=1S/C18H20ClN3/c1-13-4-2-5-14(10-13)11-17(22-18-20-8-9-21-18)15-6-3-7-16(19)12-15/h2-7,10,12,17H,8-9,11H2,1H3,(H2,20,21,22). The molecule has 0 amide bonds. The number of nitrogens with zero attached hydrogens (tertiary/aromatic N) is 1. The van der Waals surface area contributed by atoms with E-state index in [1.807, 2.05) is 18.2 Å². The zero-order valence-electron chi connectivity index (χ0n) is 12.6. The van der Waals surface area contributed by atoms with E-state index in [1.54, 1.807) is 0 Å². The van der Waals surface area contributed by atoms with Crippen LogP contribution in [0.1, 0.15) is 22.7 Å². The van der Waals surface area contributed by atoms with Crippen LogP contribution in [0.2, 0.25) is 5.02 Å². The Labute approximate surface area is 136 Å². The Morgan fingerprint density at radius 2 is 2.09 bits per heavy atom. The second kappa shape index (κ2) is 6.84. The Bertz CT molecular complexity index is 682. The van der Waals surface area contributed by atoms with Gasteiger partial charge in [0.2, 0.25) is 0 Å². The first-order valence-corrected chi connectivity index (χ1v) is 7.94. The molecular formula is C18H20ClN3. The summed E-state index contributed by atoms with van der Waals surface area (Å²) in [6.07, 6.45) is 0.892. The topological polar surface area (TPSA) is 36.4 Å². The first-order chi connectivity index (χ1) is 10.7. The Morgan fingerprint density at radius 1 is 1.23 bits per heavy atom. The van der Waals surface area contributed by atoms with Crippen LogP contribution in [0, 0.1) is 6.92 Å². The lowest BCUT2D eigenvalue weighted by atomic mass is 9.98. The van der Waals surface area contributed by atoms with Crippen molar-refractivity contribution >= 4 is 17.6 Å². The van der Waals surface area contributed by atoms with E-state index >= 15 is 0 Å². The highest BCUT2D eigenvalue weighted by molar-refractivity contribution is 6.30. The fourth-order valence-electron chi connectivity index (χ4n) is 2.71. The highest BCUT2D eigenvalue weighted by atomic mass is 35.5. The lowest BCUT2D eigenvalue weighted by Gasteiger charge is -2.21.